The lowest BCUT2D eigenvalue weighted by atomic mass is 10.0. The number of benzene rings is 1. The molecule has 0 fully saturated rings. The van der Waals surface area contributed by atoms with Crippen LogP contribution in [-0.2, 0) is 49.6 Å². The van der Waals surface area contributed by atoms with Crippen molar-refractivity contribution in [1.82, 2.24) is 42.5 Å². The normalized spacial score (nSPS) is 13.3. The molecule has 0 saturated carbocycles. The first-order valence-electron chi connectivity index (χ1n) is 28.1. The van der Waals surface area contributed by atoms with Crippen LogP contribution in [0.2, 0.25) is 0 Å². The molecule has 9 amide bonds. The maximum absolute atomic E-state index is 14.2. The van der Waals surface area contributed by atoms with Crippen molar-refractivity contribution in [1.29, 1.82) is 0 Å². The third-order valence-electron chi connectivity index (χ3n) is 13.0. The van der Waals surface area contributed by atoms with Gasteiger partial charge in [0.15, 0.2) is 0 Å². The summed E-state index contributed by atoms with van der Waals surface area (Å²) in [5.41, 5.74) is 17.4. The van der Waals surface area contributed by atoms with Crippen molar-refractivity contribution in [2.75, 3.05) is 26.7 Å². The van der Waals surface area contributed by atoms with E-state index in [9.17, 15) is 48.3 Å². The van der Waals surface area contributed by atoms with E-state index in [1.807, 2.05) is 13.8 Å². The van der Waals surface area contributed by atoms with Gasteiger partial charge in [0, 0.05) is 32.7 Å². The number of carbonyl (C=O) groups excluding carboxylic acids is 9. The molecule has 77 heavy (non-hydrogen) atoms. The lowest BCUT2D eigenvalue weighted by molar-refractivity contribution is -0.135. The maximum Gasteiger partial charge on any atom is 0.244 e. The van der Waals surface area contributed by atoms with Crippen LogP contribution in [0.5, 0.6) is 5.75 Å². The zero-order chi connectivity index (χ0) is 57.4. The predicted molar refractivity (Wildman–Crippen MR) is 298 cm³/mol. The van der Waals surface area contributed by atoms with E-state index in [0.717, 1.165) is 19.3 Å². The summed E-state index contributed by atoms with van der Waals surface area (Å²) < 4.78 is 0. The molecule has 1 unspecified atom stereocenters. The van der Waals surface area contributed by atoms with E-state index < -0.39 is 90.1 Å². The van der Waals surface area contributed by atoms with Crippen molar-refractivity contribution >= 4 is 53.2 Å². The van der Waals surface area contributed by atoms with Crippen molar-refractivity contribution in [2.24, 2.45) is 23.1 Å². The molecule has 0 bridgehead atoms. The van der Waals surface area contributed by atoms with E-state index in [1.54, 1.807) is 0 Å². The minimum atomic E-state index is -1.49. The molecule has 0 spiro atoms. The van der Waals surface area contributed by atoms with Crippen LogP contribution in [0.25, 0.3) is 0 Å². The molecular weight excluding hydrogens is 987 g/mol. The Bertz CT molecular complexity index is 1980. The molecule has 0 radical (unpaired) electrons. The van der Waals surface area contributed by atoms with Crippen LogP contribution in [0.4, 0.5) is 0 Å². The number of nitrogens with one attached hydrogen (secondary N) is 8. The molecule has 21 nitrogen and oxygen atoms in total. The van der Waals surface area contributed by atoms with Gasteiger partial charge < -0.3 is 64.8 Å². The van der Waals surface area contributed by atoms with Crippen LogP contribution in [-0.4, -0.2) is 121 Å². The van der Waals surface area contributed by atoms with Crippen molar-refractivity contribution < 1.29 is 48.3 Å². The van der Waals surface area contributed by atoms with Crippen LogP contribution < -0.4 is 59.7 Å². The third kappa shape index (κ3) is 32.2. The summed E-state index contributed by atoms with van der Waals surface area (Å²) >= 11 is 0. The van der Waals surface area contributed by atoms with Crippen molar-refractivity contribution in [3.63, 3.8) is 0 Å². The minimum absolute atomic E-state index is 0.0442. The summed E-state index contributed by atoms with van der Waals surface area (Å²) in [6, 6.07) is -1.50. The zero-order valence-electron chi connectivity index (χ0n) is 46.6. The zero-order valence-corrected chi connectivity index (χ0v) is 46.6. The fourth-order valence-electron chi connectivity index (χ4n) is 8.55. The highest BCUT2D eigenvalue weighted by Gasteiger charge is 2.33. The Morgan fingerprint density at radius 2 is 0.987 bits per heavy atom. The standard InChI is InChI=1S/C56H95N11O10/c1-6-8-9-10-11-12-13-14-15-16-17-18-19-27-49(70)62-42(24-7-2)52(73)61-38-50(71)63-47(37-40-28-30-41(68)31-29-40)56(77)66-45(32-33-48(59)69)55(76)65-43(25-20-22-34-57)53(74)64-44(26-21-23-35-58)54(75)67-46(36-39(3)4)51(72)60-5/h2,28-31,39,42-47,68H,6,8-27,32-38,57-58H2,1,3-5H3,(H2,59,69)(H,60,72)(H,61,73)(H,62,70)(H,63,71)(H,64,74)(H,65,76)(H,66,77)(H,67,75)/t42?,43-,44-,45-,46-,47-/m0/s1. The number of phenolic OH excluding ortho intramolecular Hbond substituents is 1. The second-order valence-corrected chi connectivity index (χ2v) is 20.3. The lowest BCUT2D eigenvalue weighted by Crippen LogP contribution is -2.59. The number of hydrogen-bond acceptors (Lipinski definition) is 12. The summed E-state index contributed by atoms with van der Waals surface area (Å²) in [6.45, 7) is 5.99. The van der Waals surface area contributed by atoms with Crippen LogP contribution in [0, 0.1) is 18.3 Å². The van der Waals surface area contributed by atoms with E-state index in [4.69, 9.17) is 23.6 Å². The quantitative estimate of drug-likeness (QED) is 0.0332. The SMILES string of the molecule is C#CCC(NC(=O)CCCCCCCCCCCCCCC)C(=O)NCC(=O)N[C@@H](Cc1ccc(O)cc1)C(=O)N[C@@H](CCC(N)=O)C(=O)N[C@@H](CCCCN)C(=O)N[C@@H](CCCCN)C(=O)N[C@@H](CC(C)C)C(=O)NC. The number of likely N-dealkylation sites (N-methyl/N-ethyl adjacent to an activating group) is 1. The van der Waals surface area contributed by atoms with Gasteiger partial charge in [-0.15, -0.1) is 12.3 Å². The number of hydrogen-bond donors (Lipinski definition) is 12. The summed E-state index contributed by atoms with van der Waals surface area (Å²) in [5, 5.41) is 30.9. The molecule has 0 aromatic heterocycles. The Balaban J connectivity index is 3.19. The Hall–Kier alpha value is -6.27. The van der Waals surface area contributed by atoms with E-state index in [1.165, 1.54) is 89.1 Å². The molecule has 21 heteroatoms. The Kier molecular flexibility index (Phi) is 37.4. The monoisotopic (exact) mass is 1080 g/mol. The third-order valence-corrected chi connectivity index (χ3v) is 13.0. The molecule has 1 aromatic rings. The number of unbranched alkanes of at least 4 members (excludes halogenated alkanes) is 14. The largest absolute Gasteiger partial charge is 0.508 e. The topological polar surface area (TPSA) is 348 Å². The molecule has 6 atom stereocenters. The molecule has 0 heterocycles. The molecule has 0 saturated heterocycles. The van der Waals surface area contributed by atoms with Crippen LogP contribution in [0.3, 0.4) is 0 Å². The summed E-state index contributed by atoms with van der Waals surface area (Å²) in [4.78, 5) is 121. The van der Waals surface area contributed by atoms with Crippen molar-refractivity contribution in [3.8, 4) is 18.1 Å². The summed E-state index contributed by atoms with van der Waals surface area (Å²) in [6.07, 6.45) is 22.2. The molecular formula is C56H95N11O10. The molecule has 0 aliphatic rings. The van der Waals surface area contributed by atoms with Gasteiger partial charge in [0.2, 0.25) is 53.2 Å². The van der Waals surface area contributed by atoms with Crippen LogP contribution in [0.15, 0.2) is 24.3 Å². The number of amides is 9. The van der Waals surface area contributed by atoms with Crippen LogP contribution >= 0.6 is 0 Å². The van der Waals surface area contributed by atoms with Gasteiger partial charge in [-0.05, 0) is 94.5 Å². The number of carbonyl (C=O) groups is 9. The van der Waals surface area contributed by atoms with Crippen molar-refractivity contribution in [2.45, 2.75) is 218 Å². The molecule has 434 valence electrons. The number of nitrogens with two attached hydrogens (primary N) is 3. The Morgan fingerprint density at radius 3 is 1.44 bits per heavy atom. The fraction of sp³-hybridized carbons (Fsp3) is 0.696. The van der Waals surface area contributed by atoms with Crippen molar-refractivity contribution in [3.05, 3.63) is 29.8 Å². The van der Waals surface area contributed by atoms with E-state index >= 15 is 0 Å². The first kappa shape index (κ1) is 68.7. The van der Waals surface area contributed by atoms with Gasteiger partial charge >= 0.3 is 0 Å². The van der Waals surface area contributed by atoms with E-state index in [2.05, 4.69) is 55.4 Å². The number of phenols is 1. The molecule has 15 N–H and O–H groups in total. The lowest BCUT2D eigenvalue weighted by Gasteiger charge is -2.27. The maximum atomic E-state index is 14.2. The highest BCUT2D eigenvalue weighted by molar-refractivity contribution is 5.97. The van der Waals surface area contributed by atoms with Gasteiger partial charge in [-0.2, -0.15) is 0 Å². The first-order valence-corrected chi connectivity index (χ1v) is 28.1. The van der Waals surface area contributed by atoms with Gasteiger partial charge in [-0.25, -0.2) is 0 Å². The predicted octanol–water partition coefficient (Wildman–Crippen LogP) is 2.78. The van der Waals surface area contributed by atoms with Gasteiger partial charge in [0.1, 0.15) is 42.0 Å². The smallest absolute Gasteiger partial charge is 0.244 e. The van der Waals surface area contributed by atoms with Gasteiger partial charge in [-0.1, -0.05) is 110 Å². The van der Waals surface area contributed by atoms with Gasteiger partial charge in [-0.3, -0.25) is 43.2 Å². The Labute approximate surface area is 457 Å². The molecule has 1 aromatic carbocycles. The molecule has 0 aliphatic heterocycles. The molecule has 0 aliphatic carbocycles. The van der Waals surface area contributed by atoms with Gasteiger partial charge in [0.25, 0.3) is 0 Å². The number of rotatable bonds is 44. The molecule has 1 rings (SSSR count). The highest BCUT2D eigenvalue weighted by Crippen LogP contribution is 2.15. The summed E-state index contributed by atoms with van der Waals surface area (Å²) in [7, 11) is 1.45. The second-order valence-electron chi connectivity index (χ2n) is 20.3. The van der Waals surface area contributed by atoms with E-state index in [0.29, 0.717) is 50.6 Å². The second kappa shape index (κ2) is 41.8. The van der Waals surface area contributed by atoms with E-state index in [-0.39, 0.29) is 69.1 Å². The number of terminal acetylenes is 1. The van der Waals surface area contributed by atoms with Gasteiger partial charge in [0.05, 0.1) is 6.54 Å². The Morgan fingerprint density at radius 1 is 0.532 bits per heavy atom. The fourth-order valence-corrected chi connectivity index (χ4v) is 8.55. The first-order chi connectivity index (χ1) is 36.9. The minimum Gasteiger partial charge on any atom is -0.508 e. The average Bonchev–Trinajstić information content (AvgIpc) is 3.39. The summed E-state index contributed by atoms with van der Waals surface area (Å²) in [5.74, 6) is -3.84. The number of aromatic hydroxyl groups is 1. The average molecular weight is 1080 g/mol. The van der Waals surface area contributed by atoms with Crippen LogP contribution in [0.1, 0.15) is 180 Å². The highest BCUT2D eigenvalue weighted by atomic mass is 16.3. The number of primary amides is 1.